The fraction of sp³-hybridized carbons (Fsp3) is 0.867. The molecule has 0 aliphatic carbocycles. The Labute approximate surface area is 131 Å². The second kappa shape index (κ2) is 6.14. The third-order valence-corrected chi connectivity index (χ3v) is 4.82. The molecule has 3 rings (SSSR count). The maximum atomic E-state index is 12.1. The number of carbonyl (C=O) groups is 2. The quantitative estimate of drug-likeness (QED) is 0.724. The van der Waals surface area contributed by atoms with Crippen LogP contribution in [-0.4, -0.2) is 90.7 Å². The number of morpholine rings is 1. The van der Waals surface area contributed by atoms with E-state index in [1.165, 1.54) is 4.90 Å². The summed E-state index contributed by atoms with van der Waals surface area (Å²) in [5.74, 6) is -0.122. The van der Waals surface area contributed by atoms with Crippen molar-refractivity contribution in [3.63, 3.8) is 0 Å². The predicted molar refractivity (Wildman–Crippen MR) is 81.6 cm³/mol. The molecule has 1 N–H and O–H groups in total. The lowest BCUT2D eigenvalue weighted by Gasteiger charge is -2.43. The lowest BCUT2D eigenvalue weighted by Crippen LogP contribution is -2.58. The summed E-state index contributed by atoms with van der Waals surface area (Å²) >= 11 is 0. The van der Waals surface area contributed by atoms with Gasteiger partial charge in [0.1, 0.15) is 5.54 Å². The first-order valence-electron chi connectivity index (χ1n) is 8.15. The summed E-state index contributed by atoms with van der Waals surface area (Å²) in [7, 11) is 0. The molecule has 22 heavy (non-hydrogen) atoms. The number of hydrogen-bond acceptors (Lipinski definition) is 5. The highest BCUT2D eigenvalue weighted by molar-refractivity contribution is 6.06. The van der Waals surface area contributed by atoms with Gasteiger partial charge in [-0.2, -0.15) is 0 Å². The molecule has 3 amide bonds. The molecule has 7 nitrogen and oxygen atoms in total. The zero-order valence-electron chi connectivity index (χ0n) is 13.5. The van der Waals surface area contributed by atoms with Crippen molar-refractivity contribution in [2.75, 3.05) is 52.5 Å². The molecule has 0 aromatic heterocycles. The van der Waals surface area contributed by atoms with Crippen LogP contribution in [0.1, 0.15) is 20.3 Å². The third-order valence-electron chi connectivity index (χ3n) is 4.82. The van der Waals surface area contributed by atoms with Gasteiger partial charge in [-0.1, -0.05) is 0 Å². The van der Waals surface area contributed by atoms with Crippen molar-refractivity contribution >= 4 is 11.9 Å². The van der Waals surface area contributed by atoms with Gasteiger partial charge < -0.3 is 15.0 Å². The van der Waals surface area contributed by atoms with Gasteiger partial charge in [0.05, 0.1) is 13.2 Å². The number of nitrogens with one attached hydrogen (secondary N) is 1. The van der Waals surface area contributed by atoms with E-state index < -0.39 is 5.54 Å². The molecule has 0 bridgehead atoms. The van der Waals surface area contributed by atoms with Gasteiger partial charge in [0.25, 0.3) is 5.91 Å². The lowest BCUT2D eigenvalue weighted by molar-refractivity contribution is -0.130. The largest absolute Gasteiger partial charge is 0.378 e. The summed E-state index contributed by atoms with van der Waals surface area (Å²) < 4.78 is 5.55. The van der Waals surface area contributed by atoms with Crippen LogP contribution in [0.5, 0.6) is 0 Å². The van der Waals surface area contributed by atoms with Crippen molar-refractivity contribution in [3.05, 3.63) is 0 Å². The smallest absolute Gasteiger partial charge is 0.325 e. The topological polar surface area (TPSA) is 65.1 Å². The number of fused-ring (bicyclic) bond motifs is 1. The van der Waals surface area contributed by atoms with Gasteiger partial charge in [0, 0.05) is 38.8 Å². The number of imide groups is 1. The van der Waals surface area contributed by atoms with E-state index in [0.29, 0.717) is 12.6 Å². The molecule has 3 heterocycles. The Kier molecular flexibility index (Phi) is 4.38. The van der Waals surface area contributed by atoms with Crippen molar-refractivity contribution in [2.24, 2.45) is 0 Å². The van der Waals surface area contributed by atoms with E-state index in [0.717, 1.165) is 52.4 Å². The summed E-state index contributed by atoms with van der Waals surface area (Å²) in [6.07, 6.45) is 0.822. The zero-order valence-corrected chi connectivity index (χ0v) is 13.5. The van der Waals surface area contributed by atoms with Crippen LogP contribution in [-0.2, 0) is 9.53 Å². The Balaban J connectivity index is 1.44. The third kappa shape index (κ3) is 3.11. The van der Waals surface area contributed by atoms with Gasteiger partial charge in [-0.15, -0.1) is 0 Å². The summed E-state index contributed by atoms with van der Waals surface area (Å²) in [5.41, 5.74) is -0.762. The SMILES string of the molecule is CC1(C)NC(=O)N(CCCN2CCN3CCOCC3C2)C1=O. The molecular weight excluding hydrogens is 284 g/mol. The fourth-order valence-electron chi connectivity index (χ4n) is 3.49. The van der Waals surface area contributed by atoms with E-state index in [-0.39, 0.29) is 11.9 Å². The summed E-state index contributed by atoms with van der Waals surface area (Å²) in [5, 5.41) is 2.72. The van der Waals surface area contributed by atoms with Crippen molar-refractivity contribution < 1.29 is 14.3 Å². The molecule has 3 saturated heterocycles. The highest BCUT2D eigenvalue weighted by atomic mass is 16.5. The zero-order chi connectivity index (χ0) is 15.7. The number of urea groups is 1. The number of nitrogens with zero attached hydrogens (tertiary/aromatic N) is 3. The van der Waals surface area contributed by atoms with Crippen LogP contribution >= 0.6 is 0 Å². The Morgan fingerprint density at radius 2 is 2.05 bits per heavy atom. The average Bonchev–Trinajstić information content (AvgIpc) is 2.69. The van der Waals surface area contributed by atoms with E-state index in [2.05, 4.69) is 15.1 Å². The van der Waals surface area contributed by atoms with E-state index in [9.17, 15) is 9.59 Å². The minimum atomic E-state index is -0.762. The molecule has 124 valence electrons. The van der Waals surface area contributed by atoms with Crippen molar-refractivity contribution in [1.29, 1.82) is 0 Å². The Morgan fingerprint density at radius 3 is 2.77 bits per heavy atom. The summed E-state index contributed by atoms with van der Waals surface area (Å²) in [4.78, 5) is 30.2. The molecule has 3 fully saturated rings. The van der Waals surface area contributed by atoms with Crippen LogP contribution in [0.2, 0.25) is 0 Å². The summed E-state index contributed by atoms with van der Waals surface area (Å²) in [6.45, 7) is 10.8. The van der Waals surface area contributed by atoms with Gasteiger partial charge >= 0.3 is 6.03 Å². The van der Waals surface area contributed by atoms with Crippen molar-refractivity contribution in [1.82, 2.24) is 20.0 Å². The normalized spacial score (nSPS) is 29.5. The molecule has 1 unspecified atom stereocenters. The van der Waals surface area contributed by atoms with Gasteiger partial charge in [0.15, 0.2) is 0 Å². The van der Waals surface area contributed by atoms with Gasteiger partial charge in [0.2, 0.25) is 0 Å². The van der Waals surface area contributed by atoms with Crippen LogP contribution < -0.4 is 5.32 Å². The van der Waals surface area contributed by atoms with Crippen molar-refractivity contribution in [3.8, 4) is 0 Å². The van der Waals surface area contributed by atoms with Gasteiger partial charge in [-0.25, -0.2) is 4.79 Å². The first kappa shape index (κ1) is 15.7. The molecule has 0 saturated carbocycles. The van der Waals surface area contributed by atoms with E-state index in [4.69, 9.17) is 4.74 Å². The Morgan fingerprint density at radius 1 is 1.23 bits per heavy atom. The van der Waals surface area contributed by atoms with Gasteiger partial charge in [-0.05, 0) is 26.8 Å². The lowest BCUT2D eigenvalue weighted by atomic mass is 10.1. The van der Waals surface area contributed by atoms with Crippen LogP contribution in [0, 0.1) is 0 Å². The standard InChI is InChI=1S/C15H26N4O3/c1-15(2)13(20)19(14(21)16-15)5-3-4-17-6-7-18-8-9-22-11-12(18)10-17/h12H,3-11H2,1-2H3,(H,16,21). The predicted octanol–water partition coefficient (Wildman–Crippen LogP) is -0.277. The van der Waals surface area contributed by atoms with Gasteiger partial charge in [-0.3, -0.25) is 14.6 Å². The number of piperazine rings is 1. The molecule has 0 aromatic rings. The maximum absolute atomic E-state index is 12.1. The number of ether oxygens (including phenoxy) is 1. The Bertz CT molecular complexity index is 454. The molecule has 7 heteroatoms. The highest BCUT2D eigenvalue weighted by Crippen LogP contribution is 2.17. The maximum Gasteiger partial charge on any atom is 0.325 e. The van der Waals surface area contributed by atoms with E-state index in [1.54, 1.807) is 13.8 Å². The highest BCUT2D eigenvalue weighted by Gasteiger charge is 2.43. The molecular formula is C15H26N4O3. The molecule has 0 radical (unpaired) electrons. The fourth-order valence-corrected chi connectivity index (χ4v) is 3.49. The second-order valence-electron chi connectivity index (χ2n) is 6.93. The summed E-state index contributed by atoms with van der Waals surface area (Å²) in [6, 6.07) is 0.235. The number of hydrogen-bond donors (Lipinski definition) is 1. The monoisotopic (exact) mass is 310 g/mol. The molecule has 3 aliphatic rings. The molecule has 0 aromatic carbocycles. The van der Waals surface area contributed by atoms with Crippen LogP contribution in [0.4, 0.5) is 4.79 Å². The number of carbonyl (C=O) groups excluding carboxylic acids is 2. The number of amides is 3. The molecule has 1 atom stereocenters. The van der Waals surface area contributed by atoms with E-state index >= 15 is 0 Å². The Hall–Kier alpha value is -1.18. The van der Waals surface area contributed by atoms with E-state index in [1.807, 2.05) is 0 Å². The number of rotatable bonds is 4. The second-order valence-corrected chi connectivity index (χ2v) is 6.93. The minimum Gasteiger partial charge on any atom is -0.378 e. The van der Waals surface area contributed by atoms with Crippen LogP contribution in [0.15, 0.2) is 0 Å². The van der Waals surface area contributed by atoms with Crippen molar-refractivity contribution in [2.45, 2.75) is 31.8 Å². The molecule has 3 aliphatic heterocycles. The van der Waals surface area contributed by atoms with Crippen LogP contribution in [0.25, 0.3) is 0 Å². The first-order valence-corrected chi connectivity index (χ1v) is 8.15. The first-order chi connectivity index (χ1) is 10.5. The van der Waals surface area contributed by atoms with Crippen LogP contribution in [0.3, 0.4) is 0 Å². The average molecular weight is 310 g/mol. The minimum absolute atomic E-state index is 0.122. The molecule has 0 spiro atoms.